The van der Waals surface area contributed by atoms with Gasteiger partial charge in [-0.1, -0.05) is 28.1 Å². The first-order chi connectivity index (χ1) is 5.65. The average Bonchev–Trinajstić information content (AvgIpc) is 2.01. The molecule has 1 rings (SSSR count). The Bertz CT molecular complexity index is 277. The number of halogens is 1. The largest absolute Gasteiger partial charge is 0.0924 e. The number of benzene rings is 1. The molecule has 0 atom stereocenters. The third kappa shape index (κ3) is 2.10. The van der Waals surface area contributed by atoms with Crippen LogP contribution in [0, 0.1) is 20.8 Å². The Morgan fingerprint density at radius 1 is 1.00 bits per heavy atom. The van der Waals surface area contributed by atoms with Gasteiger partial charge in [0.25, 0.3) is 0 Å². The quantitative estimate of drug-likeness (QED) is 0.678. The molecule has 0 radical (unpaired) electrons. The normalized spacial score (nSPS) is 10.3. The summed E-state index contributed by atoms with van der Waals surface area (Å²) in [5, 5.41) is 1.05. The highest BCUT2D eigenvalue weighted by atomic mass is 79.9. The minimum Gasteiger partial charge on any atom is -0.0924 e. The maximum absolute atomic E-state index is 3.46. The Morgan fingerprint density at radius 3 is 2.17 bits per heavy atom. The number of aryl methyl sites for hydroxylation is 4. The van der Waals surface area contributed by atoms with Crippen LogP contribution in [-0.2, 0) is 6.42 Å². The van der Waals surface area contributed by atoms with Crippen molar-refractivity contribution in [3.8, 4) is 0 Å². The number of alkyl halides is 1. The van der Waals surface area contributed by atoms with E-state index >= 15 is 0 Å². The molecule has 66 valence electrons. The Morgan fingerprint density at radius 2 is 1.58 bits per heavy atom. The summed E-state index contributed by atoms with van der Waals surface area (Å²) in [5.41, 5.74) is 5.68. The molecule has 0 aliphatic carbocycles. The van der Waals surface area contributed by atoms with Gasteiger partial charge in [-0.05, 0) is 49.4 Å². The molecule has 0 amide bonds. The lowest BCUT2D eigenvalue weighted by Crippen LogP contribution is -1.93. The second-order valence-corrected chi connectivity index (χ2v) is 4.09. The molecule has 1 aromatic rings. The molecule has 0 saturated heterocycles. The predicted molar refractivity (Wildman–Crippen MR) is 58.2 cm³/mol. The van der Waals surface area contributed by atoms with E-state index in [1.165, 1.54) is 22.3 Å². The van der Waals surface area contributed by atoms with E-state index in [1.807, 2.05) is 0 Å². The van der Waals surface area contributed by atoms with Gasteiger partial charge in [-0.3, -0.25) is 0 Å². The van der Waals surface area contributed by atoms with Crippen LogP contribution in [0.3, 0.4) is 0 Å². The second kappa shape index (κ2) is 4.08. The van der Waals surface area contributed by atoms with Gasteiger partial charge in [0.2, 0.25) is 0 Å². The fraction of sp³-hybridized carbons (Fsp3) is 0.455. The van der Waals surface area contributed by atoms with Crippen molar-refractivity contribution in [1.82, 2.24) is 0 Å². The molecule has 0 aliphatic heterocycles. The van der Waals surface area contributed by atoms with E-state index in [-0.39, 0.29) is 0 Å². The molecule has 1 aromatic carbocycles. The van der Waals surface area contributed by atoms with E-state index in [0.717, 1.165) is 11.8 Å². The standard InChI is InChI=1S/C11H15Br/c1-8-6-10(3)11(4-5-12)7-9(8)2/h6-7H,4-5H2,1-3H3. The Labute approximate surface area is 83.1 Å². The van der Waals surface area contributed by atoms with Gasteiger partial charge >= 0.3 is 0 Å². The van der Waals surface area contributed by atoms with Crippen LogP contribution in [-0.4, -0.2) is 5.33 Å². The smallest absolute Gasteiger partial charge is 0.00719 e. The fourth-order valence-electron chi connectivity index (χ4n) is 1.39. The van der Waals surface area contributed by atoms with Crippen LogP contribution in [0.15, 0.2) is 12.1 Å². The van der Waals surface area contributed by atoms with Crippen LogP contribution in [0.1, 0.15) is 22.3 Å². The highest BCUT2D eigenvalue weighted by molar-refractivity contribution is 9.09. The van der Waals surface area contributed by atoms with Crippen LogP contribution in [0.25, 0.3) is 0 Å². The summed E-state index contributed by atoms with van der Waals surface area (Å²) < 4.78 is 0. The fourth-order valence-corrected chi connectivity index (χ4v) is 1.82. The van der Waals surface area contributed by atoms with Crippen molar-refractivity contribution in [2.45, 2.75) is 27.2 Å². The molecule has 0 fully saturated rings. The molecule has 0 unspecified atom stereocenters. The summed E-state index contributed by atoms with van der Waals surface area (Å²) in [4.78, 5) is 0. The van der Waals surface area contributed by atoms with Gasteiger partial charge in [-0.25, -0.2) is 0 Å². The summed E-state index contributed by atoms with van der Waals surface area (Å²) in [7, 11) is 0. The van der Waals surface area contributed by atoms with Gasteiger partial charge in [-0.2, -0.15) is 0 Å². The number of rotatable bonds is 2. The summed E-state index contributed by atoms with van der Waals surface area (Å²) in [6.45, 7) is 6.52. The minimum atomic E-state index is 1.05. The van der Waals surface area contributed by atoms with Gasteiger partial charge in [0, 0.05) is 5.33 Å². The zero-order valence-electron chi connectivity index (χ0n) is 7.95. The first-order valence-electron chi connectivity index (χ1n) is 4.28. The van der Waals surface area contributed by atoms with Crippen LogP contribution in [0.4, 0.5) is 0 Å². The van der Waals surface area contributed by atoms with E-state index in [2.05, 4.69) is 48.8 Å². The van der Waals surface area contributed by atoms with Gasteiger partial charge in [0.15, 0.2) is 0 Å². The molecule has 0 bridgehead atoms. The summed E-state index contributed by atoms with van der Waals surface area (Å²) >= 11 is 3.46. The van der Waals surface area contributed by atoms with E-state index in [1.54, 1.807) is 0 Å². The summed E-state index contributed by atoms with van der Waals surface area (Å²) in [6.07, 6.45) is 1.13. The maximum Gasteiger partial charge on any atom is 0.00719 e. The van der Waals surface area contributed by atoms with Gasteiger partial charge in [0.1, 0.15) is 0 Å². The van der Waals surface area contributed by atoms with Crippen molar-refractivity contribution in [1.29, 1.82) is 0 Å². The molecule has 0 saturated carbocycles. The summed E-state index contributed by atoms with van der Waals surface area (Å²) in [6, 6.07) is 4.57. The zero-order chi connectivity index (χ0) is 9.14. The van der Waals surface area contributed by atoms with Crippen molar-refractivity contribution in [2.24, 2.45) is 0 Å². The van der Waals surface area contributed by atoms with Crippen molar-refractivity contribution in [3.63, 3.8) is 0 Å². The minimum absolute atomic E-state index is 1.05. The molecular weight excluding hydrogens is 212 g/mol. The van der Waals surface area contributed by atoms with E-state index < -0.39 is 0 Å². The lowest BCUT2D eigenvalue weighted by Gasteiger charge is -2.07. The first kappa shape index (κ1) is 9.79. The van der Waals surface area contributed by atoms with E-state index in [0.29, 0.717) is 0 Å². The summed E-state index contributed by atoms with van der Waals surface area (Å²) in [5.74, 6) is 0. The third-order valence-corrected chi connectivity index (χ3v) is 2.71. The molecule has 0 aliphatic rings. The van der Waals surface area contributed by atoms with Crippen molar-refractivity contribution in [2.75, 3.05) is 5.33 Å². The maximum atomic E-state index is 3.46. The highest BCUT2D eigenvalue weighted by Gasteiger charge is 2.00. The molecule has 0 spiro atoms. The van der Waals surface area contributed by atoms with Crippen molar-refractivity contribution >= 4 is 15.9 Å². The Hall–Kier alpha value is -0.300. The molecule has 0 N–H and O–H groups in total. The highest BCUT2D eigenvalue weighted by Crippen LogP contribution is 2.16. The number of hydrogen-bond donors (Lipinski definition) is 0. The Kier molecular flexibility index (Phi) is 3.33. The van der Waals surface area contributed by atoms with Crippen LogP contribution >= 0.6 is 15.9 Å². The van der Waals surface area contributed by atoms with Crippen molar-refractivity contribution < 1.29 is 0 Å². The van der Waals surface area contributed by atoms with Gasteiger partial charge in [-0.15, -0.1) is 0 Å². The lowest BCUT2D eigenvalue weighted by molar-refractivity contribution is 1.11. The molecule has 0 aromatic heterocycles. The van der Waals surface area contributed by atoms with Gasteiger partial charge < -0.3 is 0 Å². The van der Waals surface area contributed by atoms with E-state index in [9.17, 15) is 0 Å². The van der Waals surface area contributed by atoms with Crippen LogP contribution < -0.4 is 0 Å². The topological polar surface area (TPSA) is 0 Å². The second-order valence-electron chi connectivity index (χ2n) is 3.30. The zero-order valence-corrected chi connectivity index (χ0v) is 9.53. The molecular formula is C11H15Br. The Balaban J connectivity index is 3.05. The van der Waals surface area contributed by atoms with E-state index in [4.69, 9.17) is 0 Å². The molecule has 0 heterocycles. The molecule has 0 nitrogen and oxygen atoms in total. The molecule has 1 heteroatoms. The van der Waals surface area contributed by atoms with Crippen LogP contribution in [0.2, 0.25) is 0 Å². The molecule has 12 heavy (non-hydrogen) atoms. The van der Waals surface area contributed by atoms with Gasteiger partial charge in [0.05, 0.1) is 0 Å². The predicted octanol–water partition coefficient (Wildman–Crippen LogP) is 3.55. The first-order valence-corrected chi connectivity index (χ1v) is 5.40. The average molecular weight is 227 g/mol. The van der Waals surface area contributed by atoms with Crippen molar-refractivity contribution in [3.05, 3.63) is 34.4 Å². The lowest BCUT2D eigenvalue weighted by atomic mass is 9.99. The van der Waals surface area contributed by atoms with Crippen LogP contribution in [0.5, 0.6) is 0 Å². The third-order valence-electron chi connectivity index (χ3n) is 2.32. The monoisotopic (exact) mass is 226 g/mol. The number of hydrogen-bond acceptors (Lipinski definition) is 0. The SMILES string of the molecule is Cc1cc(C)c(CCBr)cc1C.